The highest BCUT2D eigenvalue weighted by molar-refractivity contribution is 7.91. The molecule has 1 aliphatic rings. The molecule has 1 heterocycles. The molecule has 144 valence electrons. The van der Waals surface area contributed by atoms with Crippen molar-refractivity contribution in [2.75, 3.05) is 30.5 Å². The molecule has 0 aliphatic carbocycles. The summed E-state index contributed by atoms with van der Waals surface area (Å²) >= 11 is 0. The number of amides is 1. The van der Waals surface area contributed by atoms with E-state index in [1.54, 1.807) is 11.0 Å². The van der Waals surface area contributed by atoms with E-state index in [-0.39, 0.29) is 23.5 Å². The highest BCUT2D eigenvalue weighted by atomic mass is 32.2. The highest BCUT2D eigenvalue weighted by Crippen LogP contribution is 2.23. The molecule has 1 fully saturated rings. The molecule has 1 atom stereocenters. The second kappa shape index (κ2) is 7.72. The van der Waals surface area contributed by atoms with Crippen LogP contribution in [0.25, 0.3) is 0 Å². The molecule has 2 aromatic carbocycles. The van der Waals surface area contributed by atoms with Crippen molar-refractivity contribution in [2.24, 2.45) is 0 Å². The fourth-order valence-corrected chi connectivity index (χ4v) is 5.16. The van der Waals surface area contributed by atoms with E-state index < -0.39 is 9.84 Å². The quantitative estimate of drug-likeness (QED) is 0.793. The lowest BCUT2D eigenvalue weighted by Crippen LogP contribution is -2.40. The van der Waals surface area contributed by atoms with Gasteiger partial charge >= 0.3 is 0 Å². The van der Waals surface area contributed by atoms with Crippen LogP contribution in [0.2, 0.25) is 0 Å². The molecule has 0 radical (unpaired) electrons. The zero-order valence-electron chi connectivity index (χ0n) is 16.1. The van der Waals surface area contributed by atoms with Crippen molar-refractivity contribution >= 4 is 21.4 Å². The number of sulfone groups is 1. The Balaban J connectivity index is 1.89. The van der Waals surface area contributed by atoms with Gasteiger partial charge in [-0.3, -0.25) is 4.79 Å². The Bertz CT molecular complexity index is 921. The van der Waals surface area contributed by atoms with Crippen LogP contribution in [0.4, 0.5) is 5.69 Å². The van der Waals surface area contributed by atoms with Gasteiger partial charge in [-0.25, -0.2) is 8.42 Å². The zero-order valence-corrected chi connectivity index (χ0v) is 16.9. The van der Waals surface area contributed by atoms with Crippen molar-refractivity contribution in [1.82, 2.24) is 4.90 Å². The number of hydrogen-bond donors (Lipinski definition) is 0. The fourth-order valence-electron chi connectivity index (χ4n) is 3.43. The molecule has 1 aliphatic heterocycles. The van der Waals surface area contributed by atoms with Crippen LogP contribution in [0.5, 0.6) is 0 Å². The van der Waals surface area contributed by atoms with E-state index in [2.05, 4.69) is 0 Å². The molecule has 0 aromatic heterocycles. The molecule has 5 nitrogen and oxygen atoms in total. The summed E-state index contributed by atoms with van der Waals surface area (Å²) in [7, 11) is 0.881. The standard InChI is InChI=1S/C21H26N2O3S/c1-16-5-4-6-18(13-16)21(24)23(20-11-12-27(25,26)15-20)14-17-7-9-19(10-8-17)22(2)3/h4-10,13,20H,11-12,14-15H2,1-3H3/t20-/m0/s1. The van der Waals surface area contributed by atoms with E-state index in [1.807, 2.05) is 68.4 Å². The van der Waals surface area contributed by atoms with Crippen LogP contribution in [-0.4, -0.2) is 50.9 Å². The predicted octanol–water partition coefficient (Wildman–Crippen LogP) is 2.89. The van der Waals surface area contributed by atoms with Crippen LogP contribution >= 0.6 is 0 Å². The van der Waals surface area contributed by atoms with E-state index in [9.17, 15) is 13.2 Å². The number of benzene rings is 2. The predicted molar refractivity (Wildman–Crippen MR) is 109 cm³/mol. The molecule has 0 unspecified atom stereocenters. The van der Waals surface area contributed by atoms with Gasteiger partial charge in [0.2, 0.25) is 0 Å². The first-order valence-corrected chi connectivity index (χ1v) is 10.9. The van der Waals surface area contributed by atoms with E-state index >= 15 is 0 Å². The molecule has 3 rings (SSSR count). The van der Waals surface area contributed by atoms with E-state index in [4.69, 9.17) is 0 Å². The van der Waals surface area contributed by atoms with Crippen molar-refractivity contribution in [3.63, 3.8) is 0 Å². The Labute approximate surface area is 161 Å². The first kappa shape index (κ1) is 19.4. The van der Waals surface area contributed by atoms with Crippen LogP contribution < -0.4 is 4.90 Å². The SMILES string of the molecule is Cc1cccc(C(=O)N(Cc2ccc(N(C)C)cc2)[C@H]2CCS(=O)(=O)C2)c1. The number of rotatable bonds is 5. The molecule has 0 N–H and O–H groups in total. The Hall–Kier alpha value is -2.34. The average molecular weight is 387 g/mol. The number of aryl methyl sites for hydroxylation is 1. The molecule has 6 heteroatoms. The summed E-state index contributed by atoms with van der Waals surface area (Å²) in [6, 6.07) is 15.2. The number of carbonyl (C=O) groups excluding carboxylic acids is 1. The lowest BCUT2D eigenvalue weighted by molar-refractivity contribution is 0.0681. The van der Waals surface area contributed by atoms with Gasteiger partial charge in [-0.15, -0.1) is 0 Å². The molecule has 0 bridgehead atoms. The molecule has 0 saturated carbocycles. The lowest BCUT2D eigenvalue weighted by Gasteiger charge is -2.29. The van der Waals surface area contributed by atoms with Crippen LogP contribution in [0.15, 0.2) is 48.5 Å². The van der Waals surface area contributed by atoms with Crippen LogP contribution in [0.1, 0.15) is 27.9 Å². The van der Waals surface area contributed by atoms with E-state index in [0.717, 1.165) is 16.8 Å². The molecule has 27 heavy (non-hydrogen) atoms. The van der Waals surface area contributed by atoms with Gasteiger partial charge in [0.1, 0.15) is 0 Å². The highest BCUT2D eigenvalue weighted by Gasteiger charge is 2.35. The maximum Gasteiger partial charge on any atom is 0.254 e. The summed E-state index contributed by atoms with van der Waals surface area (Å²) in [5.41, 5.74) is 3.68. The Kier molecular flexibility index (Phi) is 5.56. The maximum atomic E-state index is 13.2. The molecule has 1 amide bonds. The minimum Gasteiger partial charge on any atom is -0.378 e. The molecule has 1 saturated heterocycles. The van der Waals surface area contributed by atoms with Crippen molar-refractivity contribution in [3.05, 3.63) is 65.2 Å². The summed E-state index contributed by atoms with van der Waals surface area (Å²) in [6.45, 7) is 2.35. The normalized spacial score (nSPS) is 18.3. The van der Waals surface area contributed by atoms with Crippen molar-refractivity contribution in [3.8, 4) is 0 Å². The Morgan fingerprint density at radius 3 is 2.37 bits per heavy atom. The summed E-state index contributed by atoms with van der Waals surface area (Å²) in [4.78, 5) is 16.9. The minimum absolute atomic E-state index is 0.0420. The summed E-state index contributed by atoms with van der Waals surface area (Å²) in [6.07, 6.45) is 0.496. The smallest absolute Gasteiger partial charge is 0.254 e. The molecule has 0 spiro atoms. The first-order chi connectivity index (χ1) is 12.7. The second-order valence-corrected chi connectivity index (χ2v) is 9.65. The first-order valence-electron chi connectivity index (χ1n) is 9.09. The summed E-state index contributed by atoms with van der Waals surface area (Å²) in [5, 5.41) is 0. The number of anilines is 1. The number of carbonyl (C=O) groups is 1. The van der Waals surface area contributed by atoms with E-state index in [0.29, 0.717) is 18.5 Å². The maximum absolute atomic E-state index is 13.2. The van der Waals surface area contributed by atoms with E-state index in [1.165, 1.54) is 0 Å². The van der Waals surface area contributed by atoms with Crippen molar-refractivity contribution < 1.29 is 13.2 Å². The third-order valence-electron chi connectivity index (χ3n) is 4.98. The summed E-state index contributed by atoms with van der Waals surface area (Å²) < 4.78 is 24.0. The van der Waals surface area contributed by atoms with Crippen molar-refractivity contribution in [2.45, 2.75) is 25.9 Å². The van der Waals surface area contributed by atoms with Gasteiger partial charge in [0.15, 0.2) is 9.84 Å². The average Bonchev–Trinajstić information content (AvgIpc) is 2.99. The second-order valence-electron chi connectivity index (χ2n) is 7.42. The van der Waals surface area contributed by atoms with Gasteiger partial charge in [0.05, 0.1) is 11.5 Å². The summed E-state index contributed by atoms with van der Waals surface area (Å²) in [5.74, 6) is 0.0762. The van der Waals surface area contributed by atoms with Gasteiger partial charge < -0.3 is 9.80 Å². The number of hydrogen-bond acceptors (Lipinski definition) is 4. The topological polar surface area (TPSA) is 57.7 Å². The fraction of sp³-hybridized carbons (Fsp3) is 0.381. The third kappa shape index (κ3) is 4.69. The molecule has 2 aromatic rings. The van der Waals surface area contributed by atoms with Crippen LogP contribution in [0, 0.1) is 6.92 Å². The largest absolute Gasteiger partial charge is 0.378 e. The van der Waals surface area contributed by atoms with Gasteiger partial charge in [-0.05, 0) is 43.2 Å². The molecular formula is C21H26N2O3S. The Morgan fingerprint density at radius 1 is 1.11 bits per heavy atom. The van der Waals surface area contributed by atoms with Gasteiger partial charge in [0.25, 0.3) is 5.91 Å². The van der Waals surface area contributed by atoms with Gasteiger partial charge in [0, 0.05) is 37.9 Å². The monoisotopic (exact) mass is 386 g/mol. The van der Waals surface area contributed by atoms with Gasteiger partial charge in [-0.1, -0.05) is 29.8 Å². The molecular weight excluding hydrogens is 360 g/mol. The third-order valence-corrected chi connectivity index (χ3v) is 6.73. The Morgan fingerprint density at radius 2 is 1.81 bits per heavy atom. The van der Waals surface area contributed by atoms with Crippen LogP contribution in [-0.2, 0) is 16.4 Å². The van der Waals surface area contributed by atoms with Crippen LogP contribution in [0.3, 0.4) is 0 Å². The number of nitrogens with zero attached hydrogens (tertiary/aromatic N) is 2. The van der Waals surface area contributed by atoms with Crippen molar-refractivity contribution in [1.29, 1.82) is 0 Å². The zero-order chi connectivity index (χ0) is 19.6. The minimum atomic E-state index is -3.08. The van der Waals surface area contributed by atoms with Gasteiger partial charge in [-0.2, -0.15) is 0 Å². The lowest BCUT2D eigenvalue weighted by atomic mass is 10.1.